The first-order chi connectivity index (χ1) is 14.9. The molecule has 1 aliphatic rings. The number of hydrogen-bond donors (Lipinski definition) is 1. The number of thioether (sulfide) groups is 1. The summed E-state index contributed by atoms with van der Waals surface area (Å²) in [7, 11) is -3.62. The van der Waals surface area contributed by atoms with E-state index in [0.717, 1.165) is 25.7 Å². The third-order valence-electron chi connectivity index (χ3n) is 5.38. The number of carbonyl (C=O) groups excluding carboxylic acids is 1. The Balaban J connectivity index is 1.58. The van der Waals surface area contributed by atoms with Gasteiger partial charge in [0.25, 0.3) is 5.91 Å². The first-order valence-corrected chi connectivity index (χ1v) is 13.2. The smallest absolute Gasteiger partial charge is 0.251 e. The molecule has 0 saturated carbocycles. The van der Waals surface area contributed by atoms with Gasteiger partial charge in [-0.25, -0.2) is 12.8 Å². The Morgan fingerprint density at radius 3 is 2.52 bits per heavy atom. The van der Waals surface area contributed by atoms with Gasteiger partial charge in [-0.15, -0.1) is 0 Å². The summed E-state index contributed by atoms with van der Waals surface area (Å²) in [5.41, 5.74) is 1.61. The van der Waals surface area contributed by atoms with Crippen molar-refractivity contribution in [2.24, 2.45) is 0 Å². The number of rotatable bonds is 8. The zero-order chi connectivity index (χ0) is 22.3. The number of hydrogen-bond acceptors (Lipinski definition) is 4. The summed E-state index contributed by atoms with van der Waals surface area (Å²) < 4.78 is 41.5. The topological polar surface area (TPSA) is 66.5 Å². The van der Waals surface area contributed by atoms with Crippen molar-refractivity contribution in [3.05, 3.63) is 65.0 Å². The number of amides is 1. The quantitative estimate of drug-likeness (QED) is 0.590. The summed E-state index contributed by atoms with van der Waals surface area (Å²) in [5, 5.41) is 2.83. The molecule has 0 spiro atoms. The molecule has 1 heterocycles. The highest BCUT2D eigenvalue weighted by Crippen LogP contribution is 2.24. The molecular formula is C23H29FN2O3S2. The molecule has 31 heavy (non-hydrogen) atoms. The monoisotopic (exact) mass is 464 g/mol. The maximum atomic E-state index is 13.6. The molecule has 0 atom stereocenters. The molecule has 1 amide bonds. The minimum atomic E-state index is -3.62. The Bertz CT molecular complexity index is 1000. The van der Waals surface area contributed by atoms with Crippen LogP contribution in [0.25, 0.3) is 0 Å². The number of nitrogens with one attached hydrogen (secondary N) is 1. The van der Waals surface area contributed by atoms with E-state index in [0.29, 0.717) is 47.8 Å². The van der Waals surface area contributed by atoms with Gasteiger partial charge < -0.3 is 5.32 Å². The molecule has 168 valence electrons. The van der Waals surface area contributed by atoms with Gasteiger partial charge in [0.2, 0.25) is 10.0 Å². The predicted molar refractivity (Wildman–Crippen MR) is 123 cm³/mol. The average molecular weight is 465 g/mol. The molecule has 2 aromatic rings. The van der Waals surface area contributed by atoms with Gasteiger partial charge in [-0.2, -0.15) is 16.1 Å². The molecule has 0 aliphatic carbocycles. The van der Waals surface area contributed by atoms with Gasteiger partial charge in [0.05, 0.1) is 4.90 Å². The van der Waals surface area contributed by atoms with Crippen molar-refractivity contribution in [2.75, 3.05) is 25.4 Å². The van der Waals surface area contributed by atoms with E-state index in [1.54, 1.807) is 41.6 Å². The summed E-state index contributed by atoms with van der Waals surface area (Å²) in [6, 6.07) is 11.5. The Morgan fingerprint density at radius 2 is 1.81 bits per heavy atom. The van der Waals surface area contributed by atoms with Crippen molar-refractivity contribution in [1.29, 1.82) is 0 Å². The highest BCUT2D eigenvalue weighted by atomic mass is 32.2. The van der Waals surface area contributed by atoms with E-state index in [2.05, 4.69) is 5.32 Å². The lowest BCUT2D eigenvalue weighted by atomic mass is 10.1. The van der Waals surface area contributed by atoms with Crippen LogP contribution in [-0.4, -0.2) is 44.0 Å². The lowest BCUT2D eigenvalue weighted by Crippen LogP contribution is -2.33. The van der Waals surface area contributed by atoms with Crippen molar-refractivity contribution < 1.29 is 17.6 Å². The summed E-state index contributed by atoms with van der Waals surface area (Å²) in [5.74, 6) is 0.631. The van der Waals surface area contributed by atoms with E-state index in [9.17, 15) is 17.6 Å². The minimum Gasteiger partial charge on any atom is -0.351 e. The molecule has 0 unspecified atom stereocenters. The Morgan fingerprint density at radius 1 is 1.10 bits per heavy atom. The third kappa shape index (κ3) is 6.30. The Kier molecular flexibility index (Phi) is 8.51. The van der Waals surface area contributed by atoms with Gasteiger partial charge in [0.15, 0.2) is 0 Å². The minimum absolute atomic E-state index is 0.205. The first kappa shape index (κ1) is 23.8. The third-order valence-corrected chi connectivity index (χ3v) is 8.43. The highest BCUT2D eigenvalue weighted by Gasteiger charge is 2.27. The lowest BCUT2D eigenvalue weighted by molar-refractivity contribution is 0.0956. The van der Waals surface area contributed by atoms with Crippen molar-refractivity contribution in [1.82, 2.24) is 9.62 Å². The number of sulfonamides is 1. The average Bonchev–Trinajstić information content (AvgIpc) is 3.05. The van der Waals surface area contributed by atoms with E-state index in [1.807, 2.05) is 0 Å². The van der Waals surface area contributed by atoms with Gasteiger partial charge in [0, 0.05) is 36.7 Å². The molecule has 1 N–H and O–H groups in total. The molecule has 1 fully saturated rings. The van der Waals surface area contributed by atoms with E-state index in [4.69, 9.17) is 0 Å². The molecular weight excluding hydrogens is 435 g/mol. The molecule has 0 bridgehead atoms. The van der Waals surface area contributed by atoms with Crippen LogP contribution in [0.4, 0.5) is 4.39 Å². The van der Waals surface area contributed by atoms with Crippen LogP contribution in [0.3, 0.4) is 0 Å². The van der Waals surface area contributed by atoms with Gasteiger partial charge in [-0.1, -0.05) is 37.1 Å². The summed E-state index contributed by atoms with van der Waals surface area (Å²) in [6.45, 7) is 3.22. The molecule has 2 aromatic carbocycles. The fourth-order valence-electron chi connectivity index (χ4n) is 3.58. The molecule has 1 saturated heterocycles. The van der Waals surface area contributed by atoms with Crippen molar-refractivity contribution in [3.8, 4) is 0 Å². The number of benzene rings is 2. The molecule has 0 aromatic heterocycles. The van der Waals surface area contributed by atoms with Crippen molar-refractivity contribution in [2.45, 2.75) is 43.3 Å². The summed E-state index contributed by atoms with van der Waals surface area (Å²) in [6.07, 6.45) is 3.82. The van der Waals surface area contributed by atoms with E-state index in [-0.39, 0.29) is 16.6 Å². The molecule has 1 aliphatic heterocycles. The van der Waals surface area contributed by atoms with E-state index < -0.39 is 10.0 Å². The SMILES string of the molecule is Cc1ccc(C(=O)NCCSCc2ccccc2F)cc1S(=O)(=O)N1CCCCCC1. The van der Waals surface area contributed by atoms with Crippen LogP contribution in [0.5, 0.6) is 0 Å². The summed E-state index contributed by atoms with van der Waals surface area (Å²) >= 11 is 1.53. The number of halogens is 1. The maximum Gasteiger partial charge on any atom is 0.251 e. The highest BCUT2D eigenvalue weighted by molar-refractivity contribution is 7.98. The zero-order valence-corrected chi connectivity index (χ0v) is 19.4. The molecule has 8 heteroatoms. The van der Waals surface area contributed by atoms with E-state index >= 15 is 0 Å². The van der Waals surface area contributed by atoms with Gasteiger partial charge in [0.1, 0.15) is 5.82 Å². The second-order valence-corrected chi connectivity index (χ2v) is 10.7. The standard InChI is InChI=1S/C23H29FN2O3S2/c1-18-10-11-19(16-22(18)31(28,29)26-13-6-2-3-7-14-26)23(27)25-12-15-30-17-20-8-4-5-9-21(20)24/h4-5,8-11,16H,2-3,6-7,12-15,17H2,1H3,(H,25,27). The van der Waals surface area contributed by atoms with Gasteiger partial charge in [-0.3, -0.25) is 4.79 Å². The normalized spacial score (nSPS) is 15.4. The molecule has 0 radical (unpaired) electrons. The maximum absolute atomic E-state index is 13.6. The lowest BCUT2D eigenvalue weighted by Gasteiger charge is -2.21. The zero-order valence-electron chi connectivity index (χ0n) is 17.8. The largest absolute Gasteiger partial charge is 0.351 e. The predicted octanol–water partition coefficient (Wildman–Crippen LogP) is 4.36. The second-order valence-electron chi connectivity index (χ2n) is 7.70. The number of aryl methyl sites for hydroxylation is 1. The second kappa shape index (κ2) is 11.1. The first-order valence-electron chi connectivity index (χ1n) is 10.6. The molecule has 3 rings (SSSR count). The van der Waals surface area contributed by atoms with Crippen LogP contribution in [0, 0.1) is 12.7 Å². The van der Waals surface area contributed by atoms with Crippen molar-refractivity contribution >= 4 is 27.7 Å². The van der Waals surface area contributed by atoms with E-state index in [1.165, 1.54) is 23.9 Å². The van der Waals surface area contributed by atoms with Crippen LogP contribution in [0.15, 0.2) is 47.4 Å². The van der Waals surface area contributed by atoms with Crippen LogP contribution >= 0.6 is 11.8 Å². The Hall–Kier alpha value is -1.90. The fourth-order valence-corrected chi connectivity index (χ4v) is 6.19. The fraction of sp³-hybridized carbons (Fsp3) is 0.435. The van der Waals surface area contributed by atoms with Crippen LogP contribution in [0.2, 0.25) is 0 Å². The van der Waals surface area contributed by atoms with Crippen LogP contribution in [0.1, 0.15) is 47.2 Å². The number of carbonyl (C=O) groups is 1. The number of nitrogens with zero attached hydrogens (tertiary/aromatic N) is 1. The summed E-state index contributed by atoms with van der Waals surface area (Å²) in [4.78, 5) is 12.8. The van der Waals surface area contributed by atoms with Gasteiger partial charge >= 0.3 is 0 Å². The van der Waals surface area contributed by atoms with Gasteiger partial charge in [-0.05, 0) is 49.1 Å². The Labute approximate surface area is 188 Å². The molecule has 5 nitrogen and oxygen atoms in total. The van der Waals surface area contributed by atoms with Crippen LogP contribution < -0.4 is 5.32 Å². The van der Waals surface area contributed by atoms with Crippen molar-refractivity contribution in [3.63, 3.8) is 0 Å². The van der Waals surface area contributed by atoms with Crippen LogP contribution in [-0.2, 0) is 15.8 Å².